The van der Waals surface area contributed by atoms with Crippen LogP contribution in [0.25, 0.3) is 0 Å². The van der Waals surface area contributed by atoms with Gasteiger partial charge in [-0.05, 0) is 32.6 Å². The summed E-state index contributed by atoms with van der Waals surface area (Å²) < 4.78 is 5.46. The number of halogens is 1. The van der Waals surface area contributed by atoms with Crippen molar-refractivity contribution in [2.24, 2.45) is 4.99 Å². The highest BCUT2D eigenvalue weighted by atomic mass is 35.5. The van der Waals surface area contributed by atoms with Crippen LogP contribution in [0.5, 0.6) is 0 Å². The average Bonchev–Trinajstić information content (AvgIpc) is 2.44. The number of amidine groups is 1. The van der Waals surface area contributed by atoms with E-state index in [1.807, 2.05) is 25.9 Å². The molecule has 1 N–H and O–H groups in total. The molecule has 5 nitrogen and oxygen atoms in total. The number of nitrogens with zero attached hydrogens (tertiary/aromatic N) is 2. The first kappa shape index (κ1) is 17.5. The Balaban J connectivity index is 2.71. The Morgan fingerprint density at radius 2 is 2.10 bits per heavy atom. The molecule has 0 spiro atoms. The number of likely N-dealkylation sites (N-methyl/N-ethyl adjacent to an activating group) is 1. The van der Waals surface area contributed by atoms with Crippen LogP contribution in [0.2, 0.25) is 5.02 Å². The fourth-order valence-electron chi connectivity index (χ4n) is 1.48. The first-order chi connectivity index (χ1) is 10.0. The topological polar surface area (TPSA) is 53.9 Å². The minimum atomic E-state index is -0.319. The molecule has 0 saturated carbocycles. The molecular formula is C15H22ClN3O2. The zero-order valence-corrected chi connectivity index (χ0v) is 13.5. The van der Waals surface area contributed by atoms with E-state index in [9.17, 15) is 4.79 Å². The molecule has 116 valence electrons. The molecule has 0 aromatic heterocycles. The second-order valence-corrected chi connectivity index (χ2v) is 5.18. The van der Waals surface area contributed by atoms with E-state index in [1.54, 1.807) is 24.3 Å². The Kier molecular flexibility index (Phi) is 7.79. The molecule has 0 aliphatic heterocycles. The van der Waals surface area contributed by atoms with Crippen LogP contribution in [0.15, 0.2) is 29.3 Å². The van der Waals surface area contributed by atoms with Gasteiger partial charge in [-0.25, -0.2) is 4.99 Å². The molecular weight excluding hydrogens is 290 g/mol. The van der Waals surface area contributed by atoms with Gasteiger partial charge in [0.1, 0.15) is 0 Å². The molecule has 0 aliphatic rings. The fraction of sp³-hybridized carbons (Fsp3) is 0.467. The van der Waals surface area contributed by atoms with E-state index >= 15 is 0 Å². The van der Waals surface area contributed by atoms with E-state index in [2.05, 4.69) is 10.3 Å². The maximum Gasteiger partial charge on any atom is 0.291 e. The van der Waals surface area contributed by atoms with Crippen molar-refractivity contribution in [3.8, 4) is 0 Å². The number of carbonyl (C=O) groups is 1. The lowest BCUT2D eigenvalue weighted by atomic mass is 10.2. The highest BCUT2D eigenvalue weighted by molar-refractivity contribution is 6.34. The second kappa shape index (κ2) is 9.37. The lowest BCUT2D eigenvalue weighted by molar-refractivity contribution is 0.0965. The molecule has 0 saturated heterocycles. The quantitative estimate of drug-likeness (QED) is 0.648. The molecule has 1 amide bonds. The fourth-order valence-corrected chi connectivity index (χ4v) is 1.70. The molecule has 1 aromatic rings. The van der Waals surface area contributed by atoms with Crippen molar-refractivity contribution in [1.29, 1.82) is 0 Å². The molecule has 21 heavy (non-hydrogen) atoms. The Morgan fingerprint density at radius 3 is 2.71 bits per heavy atom. The van der Waals surface area contributed by atoms with Gasteiger partial charge in [-0.1, -0.05) is 30.7 Å². The Morgan fingerprint density at radius 1 is 1.38 bits per heavy atom. The van der Waals surface area contributed by atoms with Gasteiger partial charge in [-0.2, -0.15) is 0 Å². The monoisotopic (exact) mass is 311 g/mol. The molecule has 6 heteroatoms. The maximum absolute atomic E-state index is 12.2. The lowest BCUT2D eigenvalue weighted by Gasteiger charge is -2.12. The Labute approximate surface area is 130 Å². The van der Waals surface area contributed by atoms with Crippen LogP contribution in [0.3, 0.4) is 0 Å². The number of ether oxygens (including phenoxy) is 1. The highest BCUT2D eigenvalue weighted by Gasteiger charge is 2.12. The first-order valence-electron chi connectivity index (χ1n) is 6.92. The predicted molar refractivity (Wildman–Crippen MR) is 86.0 cm³/mol. The largest absolute Gasteiger partial charge is 0.465 e. The van der Waals surface area contributed by atoms with Gasteiger partial charge in [-0.15, -0.1) is 0 Å². The zero-order valence-electron chi connectivity index (χ0n) is 12.7. The summed E-state index contributed by atoms with van der Waals surface area (Å²) in [5.74, 6) is -0.319. The third-order valence-corrected chi connectivity index (χ3v) is 2.91. The summed E-state index contributed by atoms with van der Waals surface area (Å²) in [5, 5.41) is 3.07. The van der Waals surface area contributed by atoms with Crippen molar-refractivity contribution >= 4 is 23.5 Å². The minimum Gasteiger partial charge on any atom is -0.465 e. The minimum absolute atomic E-state index is 0.239. The van der Waals surface area contributed by atoms with Crippen LogP contribution in [-0.2, 0) is 4.74 Å². The predicted octanol–water partition coefficient (Wildman–Crippen LogP) is 2.41. The number of hydrogen-bond acceptors (Lipinski definition) is 4. The van der Waals surface area contributed by atoms with E-state index in [0.717, 1.165) is 13.0 Å². The summed E-state index contributed by atoms with van der Waals surface area (Å²) in [6, 6.07) is 7.11. The number of aliphatic imine (C=N–C) groups is 1. The molecule has 0 unspecified atom stereocenters. The normalized spacial score (nSPS) is 11.6. The van der Waals surface area contributed by atoms with Crippen LogP contribution in [0.4, 0.5) is 0 Å². The van der Waals surface area contributed by atoms with Crippen molar-refractivity contribution in [3.05, 3.63) is 34.9 Å². The highest BCUT2D eigenvalue weighted by Crippen LogP contribution is 2.14. The van der Waals surface area contributed by atoms with Crippen molar-refractivity contribution in [2.75, 3.05) is 33.8 Å². The average molecular weight is 312 g/mol. The molecule has 0 heterocycles. The smallest absolute Gasteiger partial charge is 0.291 e. The van der Waals surface area contributed by atoms with Gasteiger partial charge in [-0.3, -0.25) is 10.1 Å². The third-order valence-electron chi connectivity index (χ3n) is 2.58. The van der Waals surface area contributed by atoms with Crippen molar-refractivity contribution in [2.45, 2.75) is 13.3 Å². The SMILES string of the molecule is CCCOC(=NCCN(C)C)NC(=O)c1ccccc1Cl. The van der Waals surface area contributed by atoms with Gasteiger partial charge >= 0.3 is 0 Å². The van der Waals surface area contributed by atoms with Gasteiger partial charge in [0.15, 0.2) is 0 Å². The van der Waals surface area contributed by atoms with Crippen molar-refractivity contribution in [3.63, 3.8) is 0 Å². The molecule has 0 atom stereocenters. The summed E-state index contributed by atoms with van der Waals surface area (Å²) >= 11 is 6.00. The first-order valence-corrected chi connectivity index (χ1v) is 7.30. The Hall–Kier alpha value is -1.59. The van der Waals surface area contributed by atoms with Crippen LogP contribution < -0.4 is 5.32 Å². The number of nitrogens with one attached hydrogen (secondary N) is 1. The molecule has 1 rings (SSSR count). The van der Waals surface area contributed by atoms with Crippen molar-refractivity contribution < 1.29 is 9.53 Å². The van der Waals surface area contributed by atoms with E-state index in [4.69, 9.17) is 16.3 Å². The summed E-state index contributed by atoms with van der Waals surface area (Å²) in [4.78, 5) is 18.5. The van der Waals surface area contributed by atoms with Crippen molar-refractivity contribution in [1.82, 2.24) is 10.2 Å². The number of benzene rings is 1. The third kappa shape index (κ3) is 6.60. The van der Waals surface area contributed by atoms with Gasteiger partial charge in [0.05, 0.1) is 23.7 Å². The number of amides is 1. The maximum atomic E-state index is 12.2. The van der Waals surface area contributed by atoms with Gasteiger partial charge in [0.2, 0.25) is 0 Å². The van der Waals surface area contributed by atoms with Crippen LogP contribution in [-0.4, -0.2) is 50.6 Å². The number of rotatable bonds is 6. The molecule has 0 fully saturated rings. The number of carbonyl (C=O) groups excluding carboxylic acids is 1. The molecule has 1 aromatic carbocycles. The van der Waals surface area contributed by atoms with Gasteiger partial charge in [0.25, 0.3) is 11.9 Å². The van der Waals surface area contributed by atoms with Crippen LogP contribution in [0.1, 0.15) is 23.7 Å². The van der Waals surface area contributed by atoms with E-state index in [0.29, 0.717) is 23.7 Å². The molecule has 0 radical (unpaired) electrons. The van der Waals surface area contributed by atoms with E-state index < -0.39 is 0 Å². The lowest BCUT2D eigenvalue weighted by Crippen LogP contribution is -2.33. The zero-order chi connectivity index (χ0) is 15.7. The van der Waals surface area contributed by atoms with Crippen LogP contribution in [0, 0.1) is 0 Å². The summed E-state index contributed by atoms with van der Waals surface area (Å²) in [6.07, 6.45) is 0.842. The number of hydrogen-bond donors (Lipinski definition) is 1. The standard InChI is InChI=1S/C15H22ClN3O2/c1-4-11-21-15(17-9-10-19(2)3)18-14(20)12-7-5-6-8-13(12)16/h5-8H,4,9-11H2,1-3H3,(H,17,18,20). The van der Waals surface area contributed by atoms with E-state index in [1.165, 1.54) is 0 Å². The molecule has 0 bridgehead atoms. The summed E-state index contributed by atoms with van der Waals surface area (Å²) in [5.41, 5.74) is 0.402. The van der Waals surface area contributed by atoms with E-state index in [-0.39, 0.29) is 11.9 Å². The summed E-state index contributed by atoms with van der Waals surface area (Å²) in [6.45, 7) is 3.83. The summed E-state index contributed by atoms with van der Waals surface area (Å²) in [7, 11) is 3.93. The second-order valence-electron chi connectivity index (χ2n) is 4.77. The Bertz CT molecular complexity index is 490. The molecule has 0 aliphatic carbocycles. The van der Waals surface area contributed by atoms with Gasteiger partial charge in [0, 0.05) is 6.54 Å². The van der Waals surface area contributed by atoms with Crippen LogP contribution >= 0.6 is 11.6 Å². The van der Waals surface area contributed by atoms with Gasteiger partial charge < -0.3 is 9.64 Å².